The zero-order valence-electron chi connectivity index (χ0n) is 19.7. The number of hydrogen-bond acceptors (Lipinski definition) is 6. The molecule has 0 aliphatic rings. The minimum absolute atomic E-state index is 0.101. The number of rotatable bonds is 14. The minimum Gasteiger partial charge on any atom is -0.423 e. The lowest BCUT2D eigenvalue weighted by Crippen LogP contribution is -2.12. The van der Waals surface area contributed by atoms with Crippen LogP contribution in [-0.4, -0.2) is 11.9 Å². The average molecular weight is 445 g/mol. The molecule has 32 heavy (non-hydrogen) atoms. The Balaban J connectivity index is 2.13. The van der Waals surface area contributed by atoms with Crippen LogP contribution in [0.1, 0.15) is 96.5 Å². The Morgan fingerprint density at radius 3 is 1.78 bits per heavy atom. The number of aryl methyl sites for hydroxylation is 1. The monoisotopic (exact) mass is 444 g/mol. The smallest absolute Gasteiger partial charge is 0.336 e. The maximum absolute atomic E-state index is 12.4. The van der Waals surface area contributed by atoms with Gasteiger partial charge in [-0.05, 0) is 31.4 Å². The fourth-order valence-electron chi connectivity index (χ4n) is 3.58. The SMILES string of the molecule is CCCCCCCC(=O)Oc1cc2oc(=O)cc(C)c2cc1OC(=O)CCCCCCC. The molecule has 0 aliphatic carbocycles. The molecule has 2 rings (SSSR count). The first-order chi connectivity index (χ1) is 15.4. The van der Waals surface area contributed by atoms with Gasteiger partial charge in [0.2, 0.25) is 0 Å². The van der Waals surface area contributed by atoms with E-state index in [1.807, 2.05) is 0 Å². The number of esters is 2. The number of carbonyl (C=O) groups excluding carboxylic acids is 2. The first kappa shape index (κ1) is 25.6. The lowest BCUT2D eigenvalue weighted by molar-refractivity contribution is -0.137. The van der Waals surface area contributed by atoms with Crippen molar-refractivity contribution in [3.05, 3.63) is 34.2 Å². The molecule has 0 radical (unpaired) electrons. The van der Waals surface area contributed by atoms with Crippen molar-refractivity contribution >= 4 is 22.9 Å². The zero-order valence-corrected chi connectivity index (χ0v) is 19.7. The second kappa shape index (κ2) is 13.7. The summed E-state index contributed by atoms with van der Waals surface area (Å²) < 4.78 is 16.4. The molecule has 0 spiro atoms. The number of hydrogen-bond donors (Lipinski definition) is 0. The van der Waals surface area contributed by atoms with Gasteiger partial charge in [0.1, 0.15) is 5.58 Å². The van der Waals surface area contributed by atoms with E-state index in [9.17, 15) is 14.4 Å². The molecule has 0 atom stereocenters. The molecule has 0 N–H and O–H groups in total. The van der Waals surface area contributed by atoms with Gasteiger partial charge in [0, 0.05) is 30.4 Å². The molecule has 0 bridgehead atoms. The summed E-state index contributed by atoms with van der Waals surface area (Å²) >= 11 is 0. The summed E-state index contributed by atoms with van der Waals surface area (Å²) in [6.07, 6.45) is 10.8. The molecule has 0 amide bonds. The summed E-state index contributed by atoms with van der Waals surface area (Å²) in [4.78, 5) is 36.5. The van der Waals surface area contributed by atoms with E-state index in [0.717, 1.165) is 64.2 Å². The van der Waals surface area contributed by atoms with Crippen LogP contribution in [0.3, 0.4) is 0 Å². The second-order valence-corrected chi connectivity index (χ2v) is 8.32. The summed E-state index contributed by atoms with van der Waals surface area (Å²) in [5.74, 6) is -0.489. The van der Waals surface area contributed by atoms with Crippen LogP contribution in [0.5, 0.6) is 11.5 Å². The van der Waals surface area contributed by atoms with Crippen molar-refractivity contribution in [1.29, 1.82) is 0 Å². The van der Waals surface area contributed by atoms with Crippen molar-refractivity contribution in [3.63, 3.8) is 0 Å². The van der Waals surface area contributed by atoms with Crippen LogP contribution < -0.4 is 15.1 Å². The first-order valence-electron chi connectivity index (χ1n) is 11.9. The van der Waals surface area contributed by atoms with Gasteiger partial charge in [0.05, 0.1) is 0 Å². The van der Waals surface area contributed by atoms with Gasteiger partial charge in [0.15, 0.2) is 11.5 Å². The van der Waals surface area contributed by atoms with Crippen molar-refractivity contribution in [2.75, 3.05) is 0 Å². The summed E-state index contributed by atoms with van der Waals surface area (Å²) in [5, 5.41) is 0.634. The molecular weight excluding hydrogens is 408 g/mol. The number of unbranched alkanes of at least 4 members (excludes halogenated alkanes) is 8. The van der Waals surface area contributed by atoms with Crippen molar-refractivity contribution in [2.45, 2.75) is 97.8 Å². The van der Waals surface area contributed by atoms with Crippen LogP contribution >= 0.6 is 0 Å². The Morgan fingerprint density at radius 1 is 0.750 bits per heavy atom. The Morgan fingerprint density at radius 2 is 1.25 bits per heavy atom. The van der Waals surface area contributed by atoms with Gasteiger partial charge in [-0.15, -0.1) is 0 Å². The molecule has 6 heteroatoms. The van der Waals surface area contributed by atoms with Gasteiger partial charge >= 0.3 is 17.6 Å². The fourth-order valence-corrected chi connectivity index (χ4v) is 3.58. The molecule has 2 aromatic rings. The lowest BCUT2D eigenvalue weighted by Gasteiger charge is -2.12. The third-order valence-electron chi connectivity index (χ3n) is 5.43. The number of benzene rings is 1. The van der Waals surface area contributed by atoms with Gasteiger partial charge in [-0.25, -0.2) is 4.79 Å². The minimum atomic E-state index is -0.486. The number of fused-ring (bicyclic) bond motifs is 1. The van der Waals surface area contributed by atoms with Gasteiger partial charge < -0.3 is 13.9 Å². The topological polar surface area (TPSA) is 82.8 Å². The molecule has 0 aliphatic heterocycles. The molecule has 0 saturated carbocycles. The molecule has 1 aromatic heterocycles. The van der Waals surface area contributed by atoms with E-state index in [0.29, 0.717) is 23.0 Å². The molecule has 0 fully saturated rings. The van der Waals surface area contributed by atoms with Crippen LogP contribution in [0.2, 0.25) is 0 Å². The highest BCUT2D eigenvalue weighted by Gasteiger charge is 2.17. The van der Waals surface area contributed by atoms with Gasteiger partial charge in [-0.1, -0.05) is 65.2 Å². The largest absolute Gasteiger partial charge is 0.423 e. The summed E-state index contributed by atoms with van der Waals surface area (Å²) in [6, 6.07) is 4.44. The van der Waals surface area contributed by atoms with Crippen molar-refractivity contribution in [2.24, 2.45) is 0 Å². The molecule has 0 saturated heterocycles. The van der Waals surface area contributed by atoms with E-state index in [2.05, 4.69) is 13.8 Å². The first-order valence-corrected chi connectivity index (χ1v) is 11.9. The third-order valence-corrected chi connectivity index (χ3v) is 5.43. The summed E-state index contributed by atoms with van der Waals surface area (Å²) in [5.41, 5.74) is 0.502. The number of carbonyl (C=O) groups is 2. The van der Waals surface area contributed by atoms with Gasteiger partial charge in [0.25, 0.3) is 0 Å². The molecule has 1 aromatic carbocycles. The molecule has 6 nitrogen and oxygen atoms in total. The van der Waals surface area contributed by atoms with Crippen molar-refractivity contribution in [1.82, 2.24) is 0 Å². The highest BCUT2D eigenvalue weighted by atomic mass is 16.6. The molecular formula is C26H36O6. The predicted octanol–water partition coefficient (Wildman–Crippen LogP) is 6.63. The van der Waals surface area contributed by atoms with Crippen LogP contribution in [0.4, 0.5) is 0 Å². The fraction of sp³-hybridized carbons (Fsp3) is 0.577. The highest BCUT2D eigenvalue weighted by Crippen LogP contribution is 2.34. The van der Waals surface area contributed by atoms with E-state index >= 15 is 0 Å². The van der Waals surface area contributed by atoms with Gasteiger partial charge in [-0.2, -0.15) is 0 Å². The van der Waals surface area contributed by atoms with Crippen LogP contribution in [0.15, 0.2) is 27.4 Å². The second-order valence-electron chi connectivity index (χ2n) is 8.32. The normalized spacial score (nSPS) is 11.0. The Hall–Kier alpha value is -2.63. The Bertz CT molecular complexity index is 943. The molecule has 0 unspecified atom stereocenters. The highest BCUT2D eigenvalue weighted by molar-refractivity contribution is 5.86. The zero-order chi connectivity index (χ0) is 23.3. The van der Waals surface area contributed by atoms with E-state index in [1.165, 1.54) is 12.1 Å². The lowest BCUT2D eigenvalue weighted by atomic mass is 10.1. The third kappa shape index (κ3) is 8.48. The molecule has 176 valence electrons. The number of ether oxygens (including phenoxy) is 2. The predicted molar refractivity (Wildman–Crippen MR) is 125 cm³/mol. The van der Waals surface area contributed by atoms with Crippen molar-refractivity contribution in [3.8, 4) is 11.5 Å². The molecule has 1 heterocycles. The van der Waals surface area contributed by atoms with E-state index in [4.69, 9.17) is 13.9 Å². The van der Waals surface area contributed by atoms with Crippen molar-refractivity contribution < 1.29 is 23.5 Å². The Kier molecular flexibility index (Phi) is 11.0. The average Bonchev–Trinajstić information content (AvgIpc) is 2.74. The van der Waals surface area contributed by atoms with Crippen LogP contribution in [0.25, 0.3) is 11.0 Å². The quantitative estimate of drug-likeness (QED) is 0.141. The van der Waals surface area contributed by atoms with E-state index in [1.54, 1.807) is 13.0 Å². The maximum atomic E-state index is 12.4. The maximum Gasteiger partial charge on any atom is 0.336 e. The standard InChI is InChI=1S/C26H36O6/c1-4-6-8-10-12-14-24(27)31-22-17-20-19(3)16-26(29)30-21(20)18-23(22)32-25(28)15-13-11-9-7-5-2/h16-18H,4-15H2,1-3H3. The Labute approximate surface area is 190 Å². The summed E-state index contributed by atoms with van der Waals surface area (Å²) in [6.45, 7) is 6.06. The summed E-state index contributed by atoms with van der Waals surface area (Å²) in [7, 11) is 0. The van der Waals surface area contributed by atoms with Crippen LogP contribution in [0, 0.1) is 6.92 Å². The van der Waals surface area contributed by atoms with Gasteiger partial charge in [-0.3, -0.25) is 9.59 Å². The van der Waals surface area contributed by atoms with E-state index < -0.39 is 11.6 Å². The van der Waals surface area contributed by atoms with E-state index in [-0.39, 0.29) is 23.9 Å². The van der Waals surface area contributed by atoms with Crippen LogP contribution in [-0.2, 0) is 9.59 Å².